The fourth-order valence-corrected chi connectivity index (χ4v) is 3.83. The van der Waals surface area contributed by atoms with Crippen LogP contribution in [0.4, 0.5) is 0 Å². The number of nitrogens with zero attached hydrogens (tertiary/aromatic N) is 1. The van der Waals surface area contributed by atoms with Crippen LogP contribution in [0.25, 0.3) is 0 Å². The lowest BCUT2D eigenvalue weighted by molar-refractivity contribution is 0.0645. The molecule has 0 aliphatic carbocycles. The van der Waals surface area contributed by atoms with Crippen molar-refractivity contribution in [2.24, 2.45) is 5.92 Å². The summed E-state index contributed by atoms with van der Waals surface area (Å²) in [4.78, 5) is 42.0. The number of amides is 1. The second kappa shape index (κ2) is 7.28. The first-order chi connectivity index (χ1) is 12.4. The molecule has 0 radical (unpaired) electrons. The Hall–Kier alpha value is -2.69. The minimum absolute atomic E-state index is 0.0394. The predicted molar refractivity (Wildman–Crippen MR) is 99.7 cm³/mol. The number of aryl methyl sites for hydroxylation is 1. The van der Waals surface area contributed by atoms with E-state index in [1.165, 1.54) is 6.92 Å². The Labute approximate surface area is 153 Å². The van der Waals surface area contributed by atoms with Crippen LogP contribution in [0.2, 0.25) is 0 Å². The van der Waals surface area contributed by atoms with E-state index in [4.69, 9.17) is 0 Å². The number of benzene rings is 1. The number of carbonyl (C=O) groups excluding carboxylic acids is 3. The molecule has 1 aromatic heterocycles. The van der Waals surface area contributed by atoms with E-state index in [9.17, 15) is 14.4 Å². The Morgan fingerprint density at radius 2 is 1.65 bits per heavy atom. The molecule has 0 bridgehead atoms. The molecule has 2 aromatic rings. The lowest BCUT2D eigenvalue weighted by Crippen LogP contribution is -2.40. The average molecular weight is 352 g/mol. The van der Waals surface area contributed by atoms with Gasteiger partial charge in [0.2, 0.25) is 0 Å². The van der Waals surface area contributed by atoms with Crippen molar-refractivity contribution in [3.63, 3.8) is 0 Å². The minimum Gasteiger partial charge on any atom is -0.354 e. The molecule has 1 N–H and O–H groups in total. The molecule has 0 unspecified atom stereocenters. The van der Waals surface area contributed by atoms with Crippen molar-refractivity contribution in [2.75, 3.05) is 13.1 Å². The van der Waals surface area contributed by atoms with Gasteiger partial charge in [0.1, 0.15) is 5.69 Å². The molecule has 5 heteroatoms. The Morgan fingerprint density at radius 3 is 2.19 bits per heavy atom. The summed E-state index contributed by atoms with van der Waals surface area (Å²) in [6.45, 7) is 6.23. The maximum atomic E-state index is 12.9. The molecule has 1 aliphatic heterocycles. The van der Waals surface area contributed by atoms with Crippen LogP contribution in [-0.4, -0.2) is 40.4 Å². The Bertz CT molecular complexity index is 844. The second-order valence-electron chi connectivity index (χ2n) is 6.98. The Balaban J connectivity index is 1.69. The molecule has 1 saturated heterocycles. The van der Waals surface area contributed by atoms with E-state index in [-0.39, 0.29) is 23.4 Å². The summed E-state index contributed by atoms with van der Waals surface area (Å²) in [7, 11) is 0. The molecule has 0 saturated carbocycles. The maximum absolute atomic E-state index is 12.9. The van der Waals surface area contributed by atoms with Crippen LogP contribution >= 0.6 is 0 Å². The first-order valence-electron chi connectivity index (χ1n) is 8.98. The molecule has 1 aliphatic rings. The number of H-pyrrole nitrogens is 1. The largest absolute Gasteiger partial charge is 0.354 e. The van der Waals surface area contributed by atoms with Crippen LogP contribution in [0.1, 0.15) is 62.2 Å². The number of hydrogen-bond donors (Lipinski definition) is 1. The zero-order valence-corrected chi connectivity index (χ0v) is 15.5. The van der Waals surface area contributed by atoms with Crippen molar-refractivity contribution in [1.82, 2.24) is 9.88 Å². The normalized spacial score (nSPS) is 15.1. The van der Waals surface area contributed by atoms with Gasteiger partial charge in [-0.3, -0.25) is 14.4 Å². The predicted octanol–water partition coefficient (Wildman–Crippen LogP) is 3.57. The molecule has 3 rings (SSSR count). The third-order valence-corrected chi connectivity index (χ3v) is 5.21. The molecule has 0 atom stereocenters. The first-order valence-corrected chi connectivity index (χ1v) is 8.98. The standard InChI is InChI=1S/C21H24N2O3/c1-13-18(15(3)24)14(2)22-19(13)21(26)23-11-9-17(10-12-23)20(25)16-7-5-4-6-8-16/h4-8,17,22H,9-12H2,1-3H3. The highest BCUT2D eigenvalue weighted by Gasteiger charge is 2.30. The van der Waals surface area contributed by atoms with Gasteiger partial charge in [-0.2, -0.15) is 0 Å². The van der Waals surface area contributed by atoms with Crippen LogP contribution < -0.4 is 0 Å². The Kier molecular flexibility index (Phi) is 5.07. The van der Waals surface area contributed by atoms with Crippen molar-refractivity contribution in [3.8, 4) is 0 Å². The van der Waals surface area contributed by atoms with E-state index in [1.54, 1.807) is 11.8 Å². The fraction of sp³-hybridized carbons (Fsp3) is 0.381. The van der Waals surface area contributed by atoms with E-state index >= 15 is 0 Å². The molecular weight excluding hydrogens is 328 g/mol. The molecule has 1 amide bonds. The van der Waals surface area contributed by atoms with E-state index in [0.29, 0.717) is 42.8 Å². The summed E-state index contributed by atoms with van der Waals surface area (Å²) in [5, 5.41) is 0. The third kappa shape index (κ3) is 3.34. The van der Waals surface area contributed by atoms with Gasteiger partial charge >= 0.3 is 0 Å². The molecule has 2 heterocycles. The monoisotopic (exact) mass is 352 g/mol. The lowest BCUT2D eigenvalue weighted by Gasteiger charge is -2.31. The van der Waals surface area contributed by atoms with Crippen LogP contribution in [0.15, 0.2) is 30.3 Å². The fourth-order valence-electron chi connectivity index (χ4n) is 3.83. The molecule has 1 fully saturated rings. The highest BCUT2D eigenvalue weighted by molar-refractivity contribution is 6.02. The number of piperidine rings is 1. The summed E-state index contributed by atoms with van der Waals surface area (Å²) in [6.07, 6.45) is 1.33. The van der Waals surface area contributed by atoms with Gasteiger partial charge in [-0.1, -0.05) is 30.3 Å². The number of rotatable bonds is 4. The van der Waals surface area contributed by atoms with Crippen molar-refractivity contribution in [3.05, 3.63) is 58.4 Å². The smallest absolute Gasteiger partial charge is 0.270 e. The van der Waals surface area contributed by atoms with E-state index in [0.717, 1.165) is 11.3 Å². The molecular formula is C21H24N2O3. The third-order valence-electron chi connectivity index (χ3n) is 5.21. The van der Waals surface area contributed by atoms with Crippen molar-refractivity contribution >= 4 is 17.5 Å². The topological polar surface area (TPSA) is 70.2 Å². The molecule has 5 nitrogen and oxygen atoms in total. The molecule has 0 spiro atoms. The number of nitrogens with one attached hydrogen (secondary N) is 1. The Morgan fingerprint density at radius 1 is 1.04 bits per heavy atom. The van der Waals surface area contributed by atoms with Crippen LogP contribution in [0, 0.1) is 19.8 Å². The van der Waals surface area contributed by atoms with Crippen LogP contribution in [-0.2, 0) is 0 Å². The van der Waals surface area contributed by atoms with Gasteiger partial charge in [-0.05, 0) is 39.2 Å². The van der Waals surface area contributed by atoms with E-state index in [1.807, 2.05) is 37.3 Å². The van der Waals surface area contributed by atoms with E-state index < -0.39 is 0 Å². The number of hydrogen-bond acceptors (Lipinski definition) is 3. The number of carbonyl (C=O) groups is 3. The average Bonchev–Trinajstić information content (AvgIpc) is 2.95. The maximum Gasteiger partial charge on any atom is 0.270 e. The SMILES string of the molecule is CC(=O)c1c(C)[nH]c(C(=O)N2CCC(C(=O)c3ccccc3)CC2)c1C. The molecule has 1 aromatic carbocycles. The van der Waals surface area contributed by atoms with Gasteiger partial charge in [0, 0.05) is 35.8 Å². The van der Waals surface area contributed by atoms with Crippen molar-refractivity contribution in [1.29, 1.82) is 0 Å². The van der Waals surface area contributed by atoms with Crippen molar-refractivity contribution < 1.29 is 14.4 Å². The first kappa shape index (κ1) is 18.1. The number of Topliss-reactive ketones (excluding diaryl/α,β-unsaturated/α-hetero) is 2. The zero-order valence-electron chi connectivity index (χ0n) is 15.5. The molecule has 136 valence electrons. The van der Waals surface area contributed by atoms with Gasteiger partial charge < -0.3 is 9.88 Å². The number of ketones is 2. The zero-order chi connectivity index (χ0) is 18.8. The van der Waals surface area contributed by atoms with Crippen LogP contribution in [0.5, 0.6) is 0 Å². The molecule has 26 heavy (non-hydrogen) atoms. The summed E-state index contributed by atoms with van der Waals surface area (Å²) in [5.74, 6) is -0.0182. The lowest BCUT2D eigenvalue weighted by atomic mass is 9.89. The summed E-state index contributed by atoms with van der Waals surface area (Å²) in [6, 6.07) is 9.32. The summed E-state index contributed by atoms with van der Waals surface area (Å²) >= 11 is 0. The van der Waals surface area contributed by atoms with Crippen LogP contribution in [0.3, 0.4) is 0 Å². The number of likely N-dealkylation sites (tertiary alicyclic amines) is 1. The highest BCUT2D eigenvalue weighted by Crippen LogP contribution is 2.25. The van der Waals surface area contributed by atoms with E-state index in [2.05, 4.69) is 4.98 Å². The van der Waals surface area contributed by atoms with Gasteiger partial charge in [0.15, 0.2) is 11.6 Å². The van der Waals surface area contributed by atoms with Gasteiger partial charge in [-0.25, -0.2) is 0 Å². The minimum atomic E-state index is -0.0938. The summed E-state index contributed by atoms with van der Waals surface area (Å²) in [5.41, 5.74) is 3.26. The quantitative estimate of drug-likeness (QED) is 0.855. The van der Waals surface area contributed by atoms with Crippen molar-refractivity contribution in [2.45, 2.75) is 33.6 Å². The van der Waals surface area contributed by atoms with Gasteiger partial charge in [0.25, 0.3) is 5.91 Å². The number of aromatic nitrogens is 1. The van der Waals surface area contributed by atoms with Gasteiger partial charge in [-0.15, -0.1) is 0 Å². The van der Waals surface area contributed by atoms with Gasteiger partial charge in [0.05, 0.1) is 0 Å². The highest BCUT2D eigenvalue weighted by atomic mass is 16.2. The number of aromatic amines is 1. The summed E-state index contributed by atoms with van der Waals surface area (Å²) < 4.78 is 0. The second-order valence-corrected chi connectivity index (χ2v) is 6.98.